The Balaban J connectivity index is 2.39. The highest BCUT2D eigenvalue weighted by Crippen LogP contribution is 2.32. The normalized spacial score (nSPS) is 12.4. The highest BCUT2D eigenvalue weighted by molar-refractivity contribution is 9.10. The molecule has 1 atom stereocenters. The first-order valence-corrected chi connectivity index (χ1v) is 8.09. The maximum Gasteiger partial charge on any atom is 0.0596 e. The molecule has 0 aliphatic heterocycles. The van der Waals surface area contributed by atoms with E-state index in [1.807, 2.05) is 0 Å². The number of benzene rings is 1. The van der Waals surface area contributed by atoms with Crippen molar-refractivity contribution in [2.75, 3.05) is 25.5 Å². The van der Waals surface area contributed by atoms with Gasteiger partial charge in [0.15, 0.2) is 0 Å². The van der Waals surface area contributed by atoms with E-state index >= 15 is 0 Å². The number of nitrogens with zero attached hydrogens (tertiary/aromatic N) is 1. The first-order chi connectivity index (χ1) is 9.13. The summed E-state index contributed by atoms with van der Waals surface area (Å²) in [4.78, 5) is 2.13. The van der Waals surface area contributed by atoms with Crippen molar-refractivity contribution in [2.45, 2.75) is 13.0 Å². The Morgan fingerprint density at radius 3 is 2.68 bits per heavy atom. The molecule has 0 amide bonds. The topological polar surface area (TPSA) is 15.3 Å². The molecule has 1 heterocycles. The number of nitrogens with one attached hydrogen (secondary N) is 1. The third-order valence-electron chi connectivity index (χ3n) is 3.08. The van der Waals surface area contributed by atoms with Crippen LogP contribution in [0.15, 0.2) is 39.5 Å². The van der Waals surface area contributed by atoms with E-state index in [9.17, 15) is 0 Å². The van der Waals surface area contributed by atoms with Crippen LogP contribution in [-0.2, 0) is 0 Å². The standard InChI is InChI=1S/C15H19BrN2S/c1-4-17-15(13-9-19-10-14(13)16)11-6-5-7-12(8-11)18(2)3/h5-10,15,17H,4H2,1-3H3. The van der Waals surface area contributed by atoms with Crippen LogP contribution in [0.4, 0.5) is 5.69 Å². The van der Waals surface area contributed by atoms with Gasteiger partial charge in [-0.15, -0.1) is 0 Å². The van der Waals surface area contributed by atoms with Crippen molar-refractivity contribution in [3.05, 3.63) is 50.6 Å². The third kappa shape index (κ3) is 3.38. The Morgan fingerprint density at radius 2 is 2.11 bits per heavy atom. The molecule has 2 rings (SSSR count). The van der Waals surface area contributed by atoms with Crippen LogP contribution in [0, 0.1) is 0 Å². The van der Waals surface area contributed by atoms with Crippen LogP contribution in [0.2, 0.25) is 0 Å². The van der Waals surface area contributed by atoms with Crippen molar-refractivity contribution in [1.82, 2.24) is 5.32 Å². The summed E-state index contributed by atoms with van der Waals surface area (Å²) in [6.45, 7) is 3.09. The molecule has 0 radical (unpaired) electrons. The molecule has 19 heavy (non-hydrogen) atoms. The van der Waals surface area contributed by atoms with Gasteiger partial charge in [0.1, 0.15) is 0 Å². The minimum Gasteiger partial charge on any atom is -0.378 e. The molecule has 0 saturated heterocycles. The van der Waals surface area contributed by atoms with Crippen LogP contribution in [0.3, 0.4) is 0 Å². The van der Waals surface area contributed by atoms with Gasteiger partial charge in [0.25, 0.3) is 0 Å². The minimum absolute atomic E-state index is 0.241. The largest absolute Gasteiger partial charge is 0.378 e. The lowest BCUT2D eigenvalue weighted by Crippen LogP contribution is -2.22. The third-order valence-corrected chi connectivity index (χ3v) is 4.83. The van der Waals surface area contributed by atoms with Gasteiger partial charge in [-0.2, -0.15) is 11.3 Å². The monoisotopic (exact) mass is 338 g/mol. The van der Waals surface area contributed by atoms with Crippen LogP contribution in [0.25, 0.3) is 0 Å². The second-order valence-electron chi connectivity index (χ2n) is 4.66. The first-order valence-electron chi connectivity index (χ1n) is 6.35. The van der Waals surface area contributed by atoms with Crippen molar-refractivity contribution in [3.63, 3.8) is 0 Å². The van der Waals surface area contributed by atoms with Crippen molar-refractivity contribution < 1.29 is 0 Å². The van der Waals surface area contributed by atoms with Gasteiger partial charge in [-0.25, -0.2) is 0 Å². The van der Waals surface area contributed by atoms with Crippen LogP contribution in [0.5, 0.6) is 0 Å². The molecule has 0 spiro atoms. The highest BCUT2D eigenvalue weighted by Gasteiger charge is 2.17. The molecule has 0 bridgehead atoms. The number of hydrogen-bond acceptors (Lipinski definition) is 3. The van der Waals surface area contributed by atoms with Crippen molar-refractivity contribution >= 4 is 33.0 Å². The van der Waals surface area contributed by atoms with Crippen LogP contribution in [-0.4, -0.2) is 20.6 Å². The molecule has 1 aromatic heterocycles. The first kappa shape index (κ1) is 14.6. The highest BCUT2D eigenvalue weighted by atomic mass is 79.9. The van der Waals surface area contributed by atoms with Gasteiger partial charge in [0, 0.05) is 29.6 Å². The van der Waals surface area contributed by atoms with Gasteiger partial charge in [-0.1, -0.05) is 19.1 Å². The number of rotatable bonds is 5. The maximum atomic E-state index is 3.64. The molecule has 1 unspecified atom stereocenters. The Hall–Kier alpha value is -0.840. The Labute approximate surface area is 127 Å². The zero-order valence-electron chi connectivity index (χ0n) is 11.5. The fraction of sp³-hybridized carbons (Fsp3) is 0.333. The quantitative estimate of drug-likeness (QED) is 0.875. The summed E-state index contributed by atoms with van der Waals surface area (Å²) in [5.41, 5.74) is 3.83. The lowest BCUT2D eigenvalue weighted by atomic mass is 10.0. The fourth-order valence-corrected chi connectivity index (χ4v) is 3.64. The van der Waals surface area contributed by atoms with Gasteiger partial charge in [-0.05, 0) is 51.1 Å². The van der Waals surface area contributed by atoms with E-state index in [4.69, 9.17) is 0 Å². The average Bonchev–Trinajstić information content (AvgIpc) is 2.82. The second kappa shape index (κ2) is 6.55. The number of thiophene rings is 1. The van der Waals surface area contributed by atoms with Gasteiger partial charge in [-0.3, -0.25) is 0 Å². The van der Waals surface area contributed by atoms with E-state index in [1.165, 1.54) is 21.3 Å². The van der Waals surface area contributed by atoms with E-state index in [-0.39, 0.29) is 6.04 Å². The molecule has 2 nitrogen and oxygen atoms in total. The number of hydrogen-bond donors (Lipinski definition) is 1. The summed E-state index contributed by atoms with van der Waals surface area (Å²) in [5.74, 6) is 0. The van der Waals surface area contributed by atoms with E-state index in [0.717, 1.165) is 6.54 Å². The van der Waals surface area contributed by atoms with Crippen LogP contribution in [0.1, 0.15) is 24.1 Å². The van der Waals surface area contributed by atoms with E-state index in [2.05, 4.69) is 82.2 Å². The van der Waals surface area contributed by atoms with Gasteiger partial charge in [0.2, 0.25) is 0 Å². The Kier molecular flexibility index (Phi) is 5.02. The molecule has 0 fully saturated rings. The summed E-state index contributed by atoms with van der Waals surface area (Å²) >= 11 is 5.37. The van der Waals surface area contributed by atoms with Crippen LogP contribution < -0.4 is 10.2 Å². The predicted octanol–water partition coefficient (Wildman–Crippen LogP) is 4.28. The molecule has 0 saturated carbocycles. The fourth-order valence-electron chi connectivity index (χ4n) is 2.09. The van der Waals surface area contributed by atoms with E-state index < -0.39 is 0 Å². The zero-order valence-corrected chi connectivity index (χ0v) is 13.9. The average molecular weight is 339 g/mol. The zero-order chi connectivity index (χ0) is 13.8. The smallest absolute Gasteiger partial charge is 0.0596 e. The van der Waals surface area contributed by atoms with Crippen molar-refractivity contribution in [3.8, 4) is 0 Å². The molecule has 0 aliphatic rings. The van der Waals surface area contributed by atoms with E-state index in [1.54, 1.807) is 11.3 Å². The predicted molar refractivity (Wildman–Crippen MR) is 88.3 cm³/mol. The Bertz CT molecular complexity index is 536. The van der Waals surface area contributed by atoms with Gasteiger partial charge >= 0.3 is 0 Å². The molecule has 4 heteroatoms. The number of halogens is 1. The van der Waals surface area contributed by atoms with E-state index in [0.29, 0.717) is 0 Å². The molecule has 1 aromatic carbocycles. The van der Waals surface area contributed by atoms with Crippen molar-refractivity contribution in [2.24, 2.45) is 0 Å². The lowest BCUT2D eigenvalue weighted by Gasteiger charge is -2.21. The molecule has 0 aliphatic carbocycles. The Morgan fingerprint density at radius 1 is 1.32 bits per heavy atom. The number of anilines is 1. The molecule has 2 aromatic rings. The molecular weight excluding hydrogens is 320 g/mol. The summed E-state index contributed by atoms with van der Waals surface area (Å²) in [7, 11) is 4.14. The molecule has 102 valence electrons. The second-order valence-corrected chi connectivity index (χ2v) is 6.25. The van der Waals surface area contributed by atoms with Gasteiger partial charge in [0.05, 0.1) is 6.04 Å². The lowest BCUT2D eigenvalue weighted by molar-refractivity contribution is 0.630. The minimum atomic E-state index is 0.241. The summed E-state index contributed by atoms with van der Waals surface area (Å²) in [6.07, 6.45) is 0. The SMILES string of the molecule is CCNC(c1cccc(N(C)C)c1)c1cscc1Br. The molecular formula is C15H19BrN2S. The van der Waals surface area contributed by atoms with Crippen LogP contribution >= 0.6 is 27.3 Å². The van der Waals surface area contributed by atoms with Crippen molar-refractivity contribution in [1.29, 1.82) is 0 Å². The molecule has 1 N–H and O–H groups in total. The summed E-state index contributed by atoms with van der Waals surface area (Å²) in [5, 5.41) is 7.91. The van der Waals surface area contributed by atoms with Gasteiger partial charge < -0.3 is 10.2 Å². The summed E-state index contributed by atoms with van der Waals surface area (Å²) < 4.78 is 1.18. The summed E-state index contributed by atoms with van der Waals surface area (Å²) in [6, 6.07) is 8.93. The maximum absolute atomic E-state index is 3.64.